The predicted molar refractivity (Wildman–Crippen MR) is 92.9 cm³/mol. The molecule has 1 aromatic heterocycles. The van der Waals surface area contributed by atoms with Gasteiger partial charge in [0.15, 0.2) is 5.82 Å². The first-order chi connectivity index (χ1) is 12.4. The number of sulfonamides is 1. The van der Waals surface area contributed by atoms with Crippen molar-refractivity contribution in [1.29, 1.82) is 0 Å². The molecule has 0 aliphatic carbocycles. The average Bonchev–Trinajstić information content (AvgIpc) is 3.05. The summed E-state index contributed by atoms with van der Waals surface area (Å²) in [6.07, 6.45) is 0. The summed E-state index contributed by atoms with van der Waals surface area (Å²) in [4.78, 5) is 12.6. The lowest BCUT2D eigenvalue weighted by atomic mass is 10.1. The van der Waals surface area contributed by atoms with Crippen LogP contribution in [0, 0.1) is 6.92 Å². The minimum absolute atomic E-state index is 0.0204. The van der Waals surface area contributed by atoms with Crippen molar-refractivity contribution in [3.8, 4) is 5.69 Å². The van der Waals surface area contributed by atoms with E-state index in [2.05, 4.69) is 20.8 Å². The molecule has 0 radical (unpaired) electrons. The zero-order chi connectivity index (χ0) is 18.7. The monoisotopic (exact) mass is 372 g/mol. The summed E-state index contributed by atoms with van der Waals surface area (Å²) >= 11 is 0. The number of benzene rings is 2. The van der Waals surface area contributed by atoms with Crippen molar-refractivity contribution in [2.75, 3.05) is 0 Å². The third-order valence-corrected chi connectivity index (χ3v) is 4.64. The van der Waals surface area contributed by atoms with Crippen LogP contribution >= 0.6 is 0 Å². The van der Waals surface area contributed by atoms with Gasteiger partial charge < -0.3 is 5.32 Å². The van der Waals surface area contributed by atoms with Crippen molar-refractivity contribution >= 4 is 15.9 Å². The van der Waals surface area contributed by atoms with E-state index in [-0.39, 0.29) is 17.3 Å². The Labute approximate surface area is 149 Å². The molecule has 10 heteroatoms. The predicted octanol–water partition coefficient (Wildman–Crippen LogP) is 0.548. The maximum Gasteiger partial charge on any atom is 0.253 e. The van der Waals surface area contributed by atoms with Gasteiger partial charge in [0.25, 0.3) is 5.91 Å². The molecular weight excluding hydrogens is 356 g/mol. The second kappa shape index (κ2) is 7.02. The summed E-state index contributed by atoms with van der Waals surface area (Å²) in [7, 11) is -3.74. The summed E-state index contributed by atoms with van der Waals surface area (Å²) in [6.45, 7) is 1.97. The number of amides is 1. The summed E-state index contributed by atoms with van der Waals surface area (Å²) in [6, 6.07) is 13.0. The third-order valence-electron chi connectivity index (χ3n) is 3.71. The fraction of sp³-hybridized carbons (Fsp3) is 0.125. The summed E-state index contributed by atoms with van der Waals surface area (Å²) in [5.74, 6) is 0.259. The SMILES string of the molecule is Cc1nnnn1-c1ccccc1C(=O)NCc1ccc(S(N)(=O)=O)cc1. The largest absolute Gasteiger partial charge is 0.348 e. The van der Waals surface area contributed by atoms with Gasteiger partial charge in [-0.15, -0.1) is 5.10 Å². The number of primary sulfonamides is 1. The summed E-state index contributed by atoms with van der Waals surface area (Å²) in [5.41, 5.74) is 1.72. The molecule has 1 heterocycles. The van der Waals surface area contributed by atoms with E-state index in [9.17, 15) is 13.2 Å². The van der Waals surface area contributed by atoms with Crippen LogP contribution in [0.4, 0.5) is 0 Å². The average molecular weight is 372 g/mol. The number of nitrogens with two attached hydrogens (primary N) is 1. The molecular formula is C16H16N6O3S. The van der Waals surface area contributed by atoms with Gasteiger partial charge in [0.1, 0.15) is 0 Å². The van der Waals surface area contributed by atoms with Crippen LogP contribution in [0.25, 0.3) is 5.69 Å². The molecule has 0 saturated carbocycles. The van der Waals surface area contributed by atoms with E-state index in [4.69, 9.17) is 5.14 Å². The molecule has 0 aliphatic rings. The van der Waals surface area contributed by atoms with Crippen LogP contribution < -0.4 is 10.5 Å². The zero-order valence-corrected chi connectivity index (χ0v) is 14.6. The normalized spacial score (nSPS) is 11.3. The Kier molecular flexibility index (Phi) is 4.78. The Morgan fingerprint density at radius 2 is 1.85 bits per heavy atom. The van der Waals surface area contributed by atoms with Crippen molar-refractivity contribution in [1.82, 2.24) is 25.5 Å². The first-order valence-electron chi connectivity index (χ1n) is 7.60. The lowest BCUT2D eigenvalue weighted by molar-refractivity contribution is 0.0950. The fourth-order valence-electron chi connectivity index (χ4n) is 2.38. The molecule has 3 N–H and O–H groups in total. The van der Waals surface area contributed by atoms with Gasteiger partial charge in [-0.25, -0.2) is 13.6 Å². The molecule has 26 heavy (non-hydrogen) atoms. The molecule has 1 amide bonds. The Balaban J connectivity index is 1.76. The van der Waals surface area contributed by atoms with Crippen LogP contribution in [0.5, 0.6) is 0 Å². The number of para-hydroxylation sites is 1. The minimum atomic E-state index is -3.74. The van der Waals surface area contributed by atoms with Crippen LogP contribution in [0.15, 0.2) is 53.4 Å². The first kappa shape index (κ1) is 17.7. The number of hydrogen-bond acceptors (Lipinski definition) is 6. The molecule has 2 aromatic carbocycles. The molecule has 0 bridgehead atoms. The van der Waals surface area contributed by atoms with Gasteiger partial charge in [-0.1, -0.05) is 24.3 Å². The number of aromatic nitrogens is 4. The number of aryl methyl sites for hydroxylation is 1. The highest BCUT2D eigenvalue weighted by Gasteiger charge is 2.15. The van der Waals surface area contributed by atoms with E-state index in [0.29, 0.717) is 17.1 Å². The smallest absolute Gasteiger partial charge is 0.253 e. The van der Waals surface area contributed by atoms with Gasteiger partial charge in [0.2, 0.25) is 10.0 Å². The lowest BCUT2D eigenvalue weighted by Gasteiger charge is -2.10. The van der Waals surface area contributed by atoms with Gasteiger partial charge in [-0.05, 0) is 47.2 Å². The number of tetrazole rings is 1. The molecule has 9 nitrogen and oxygen atoms in total. The van der Waals surface area contributed by atoms with E-state index in [0.717, 1.165) is 5.56 Å². The Morgan fingerprint density at radius 1 is 1.15 bits per heavy atom. The van der Waals surface area contributed by atoms with Gasteiger partial charge in [-0.2, -0.15) is 4.68 Å². The molecule has 0 fully saturated rings. The van der Waals surface area contributed by atoms with Crippen molar-refractivity contribution < 1.29 is 13.2 Å². The minimum Gasteiger partial charge on any atom is -0.348 e. The van der Waals surface area contributed by atoms with Gasteiger partial charge in [0, 0.05) is 6.54 Å². The Morgan fingerprint density at radius 3 is 2.46 bits per heavy atom. The number of rotatable bonds is 5. The van der Waals surface area contributed by atoms with Crippen molar-refractivity contribution in [3.05, 3.63) is 65.5 Å². The standard InChI is InChI=1S/C16H16N6O3S/c1-11-19-20-21-22(11)15-5-3-2-4-14(15)16(23)18-10-12-6-8-13(9-7-12)26(17,24)25/h2-9H,10H2,1H3,(H,18,23)(H2,17,24,25). The first-order valence-corrected chi connectivity index (χ1v) is 9.15. The molecule has 0 unspecified atom stereocenters. The van der Waals surface area contributed by atoms with Crippen LogP contribution in [-0.2, 0) is 16.6 Å². The zero-order valence-electron chi connectivity index (χ0n) is 13.8. The molecule has 0 aliphatic heterocycles. The van der Waals surface area contributed by atoms with E-state index in [1.54, 1.807) is 43.3 Å². The molecule has 0 atom stereocenters. The van der Waals surface area contributed by atoms with Crippen LogP contribution in [0.3, 0.4) is 0 Å². The second-order valence-electron chi connectivity index (χ2n) is 5.53. The molecule has 3 rings (SSSR count). The highest BCUT2D eigenvalue weighted by atomic mass is 32.2. The maximum atomic E-state index is 12.6. The molecule has 3 aromatic rings. The van der Waals surface area contributed by atoms with Crippen LogP contribution in [0.2, 0.25) is 0 Å². The van der Waals surface area contributed by atoms with E-state index in [1.165, 1.54) is 16.8 Å². The Hall–Kier alpha value is -3.11. The Bertz CT molecular complexity index is 1040. The van der Waals surface area contributed by atoms with Gasteiger partial charge in [-0.3, -0.25) is 4.79 Å². The van der Waals surface area contributed by atoms with Gasteiger partial charge >= 0.3 is 0 Å². The van der Waals surface area contributed by atoms with Crippen molar-refractivity contribution in [2.24, 2.45) is 5.14 Å². The van der Waals surface area contributed by atoms with Crippen LogP contribution in [0.1, 0.15) is 21.7 Å². The van der Waals surface area contributed by atoms with Gasteiger partial charge in [0.05, 0.1) is 16.1 Å². The fourth-order valence-corrected chi connectivity index (χ4v) is 2.89. The highest BCUT2D eigenvalue weighted by molar-refractivity contribution is 7.89. The van der Waals surface area contributed by atoms with Crippen molar-refractivity contribution in [2.45, 2.75) is 18.4 Å². The molecule has 0 saturated heterocycles. The van der Waals surface area contributed by atoms with E-state index in [1.807, 2.05) is 0 Å². The summed E-state index contributed by atoms with van der Waals surface area (Å²) in [5, 5.41) is 19.2. The number of carbonyl (C=O) groups excluding carboxylic acids is 1. The highest BCUT2D eigenvalue weighted by Crippen LogP contribution is 2.15. The topological polar surface area (TPSA) is 133 Å². The number of hydrogen-bond donors (Lipinski definition) is 2. The van der Waals surface area contributed by atoms with Crippen LogP contribution in [-0.4, -0.2) is 34.5 Å². The maximum absolute atomic E-state index is 12.6. The quantitative estimate of drug-likeness (QED) is 0.672. The number of nitrogens with zero attached hydrogens (tertiary/aromatic N) is 4. The lowest BCUT2D eigenvalue weighted by Crippen LogP contribution is -2.24. The van der Waals surface area contributed by atoms with Crippen molar-refractivity contribution in [3.63, 3.8) is 0 Å². The second-order valence-corrected chi connectivity index (χ2v) is 7.09. The molecule has 134 valence electrons. The molecule has 0 spiro atoms. The number of nitrogens with one attached hydrogen (secondary N) is 1. The van der Waals surface area contributed by atoms with E-state index >= 15 is 0 Å². The van der Waals surface area contributed by atoms with E-state index < -0.39 is 10.0 Å². The third kappa shape index (κ3) is 3.76. The number of carbonyl (C=O) groups is 1. The summed E-state index contributed by atoms with van der Waals surface area (Å²) < 4.78 is 24.0.